The predicted octanol–water partition coefficient (Wildman–Crippen LogP) is 6.75. The van der Waals surface area contributed by atoms with Gasteiger partial charge in [0.15, 0.2) is 17.7 Å². The average molecular weight is 571 g/mol. The normalized spacial score (nSPS) is 19.8. The number of carbonyl (C=O) groups excluding carboxylic acids is 3. The van der Waals surface area contributed by atoms with E-state index in [9.17, 15) is 14.4 Å². The highest BCUT2D eigenvalue weighted by Crippen LogP contribution is 2.39. The van der Waals surface area contributed by atoms with Crippen LogP contribution in [0.2, 0.25) is 0 Å². The maximum absolute atomic E-state index is 15.4. The van der Waals surface area contributed by atoms with E-state index in [1.165, 1.54) is 6.92 Å². The number of ether oxygens (including phenoxy) is 3. The molecule has 1 aliphatic heterocycles. The molecule has 4 aromatic carbocycles. The summed E-state index contributed by atoms with van der Waals surface area (Å²) in [6.45, 7) is 0.933. The smallest absolute Gasteiger partial charge is 0.338 e. The molecule has 6 nitrogen and oxygen atoms in total. The quantitative estimate of drug-likeness (QED) is 0.171. The Hall–Kier alpha value is -4.43. The van der Waals surface area contributed by atoms with Crippen LogP contribution < -0.4 is 0 Å². The molecule has 4 aromatic rings. The highest BCUT2D eigenvalue weighted by molar-refractivity contribution is 8.00. The minimum absolute atomic E-state index is 0.243. The summed E-state index contributed by atoms with van der Waals surface area (Å²) in [6, 6.07) is 33.1. The first-order valence-electron chi connectivity index (χ1n) is 13.0. The molecular weight excluding hydrogens is 543 g/mol. The van der Waals surface area contributed by atoms with E-state index in [1.807, 2.05) is 72.8 Å². The monoisotopic (exact) mass is 570 g/mol. The summed E-state index contributed by atoms with van der Waals surface area (Å²) in [5.74, 6) is -1.99. The number of benzene rings is 4. The number of hydrogen-bond acceptors (Lipinski definition) is 7. The van der Waals surface area contributed by atoms with Crippen molar-refractivity contribution in [3.8, 4) is 22.3 Å². The number of esters is 3. The van der Waals surface area contributed by atoms with Crippen LogP contribution in [-0.2, 0) is 19.0 Å². The lowest BCUT2D eigenvalue weighted by atomic mass is 10.0. The van der Waals surface area contributed by atoms with Crippen molar-refractivity contribution in [2.45, 2.75) is 29.9 Å². The van der Waals surface area contributed by atoms with Crippen molar-refractivity contribution in [1.29, 1.82) is 0 Å². The molecule has 4 atom stereocenters. The van der Waals surface area contributed by atoms with Gasteiger partial charge >= 0.3 is 17.9 Å². The number of rotatable bonds is 8. The topological polar surface area (TPSA) is 78.9 Å². The first-order valence-corrected chi connectivity index (χ1v) is 14.0. The Bertz CT molecular complexity index is 1490. The Morgan fingerprint density at radius 3 is 1.61 bits per heavy atom. The summed E-state index contributed by atoms with van der Waals surface area (Å²) >= 11 is 0.956. The standard InChI is InChI=1S/C33H27FO6S/c1-21(35)39-33-29(34)30(40-32(37)27-18-14-25(15-19-27)23-10-6-3-7-11-23)28(41-33)20-38-31(36)26-16-12-24(13-17-26)22-8-4-2-5-9-22/h2-19,28-30,33H,20H2,1H3/t28-,29+,30-,33?/m1/s1. The van der Waals surface area contributed by atoms with E-state index in [4.69, 9.17) is 14.2 Å². The Labute approximate surface area is 241 Å². The molecule has 0 amide bonds. The van der Waals surface area contributed by atoms with Crippen LogP contribution in [0.1, 0.15) is 27.6 Å². The Morgan fingerprint density at radius 2 is 1.12 bits per heavy atom. The molecule has 0 spiro atoms. The Morgan fingerprint density at radius 1 is 0.659 bits per heavy atom. The van der Waals surface area contributed by atoms with E-state index in [0.717, 1.165) is 34.0 Å². The van der Waals surface area contributed by atoms with Crippen molar-refractivity contribution < 1.29 is 33.0 Å². The minimum Gasteiger partial charge on any atom is -0.461 e. The van der Waals surface area contributed by atoms with Crippen LogP contribution in [0.4, 0.5) is 4.39 Å². The molecule has 0 aromatic heterocycles. The molecule has 0 radical (unpaired) electrons. The second-order valence-corrected chi connectivity index (χ2v) is 10.8. The Balaban J connectivity index is 1.25. The van der Waals surface area contributed by atoms with Gasteiger partial charge in [-0.05, 0) is 46.5 Å². The first-order chi connectivity index (χ1) is 19.9. The predicted molar refractivity (Wildman–Crippen MR) is 155 cm³/mol. The molecule has 1 saturated heterocycles. The summed E-state index contributed by atoms with van der Waals surface area (Å²) in [5.41, 5.74) is 3.24. The molecule has 1 fully saturated rings. The van der Waals surface area contributed by atoms with Gasteiger partial charge in [0, 0.05) is 6.92 Å². The van der Waals surface area contributed by atoms with Crippen LogP contribution >= 0.6 is 11.8 Å². The molecule has 0 aliphatic carbocycles. The third kappa shape index (κ3) is 6.84. The maximum Gasteiger partial charge on any atom is 0.338 e. The van der Waals surface area contributed by atoms with Crippen LogP contribution in [0.15, 0.2) is 109 Å². The summed E-state index contributed by atoms with van der Waals surface area (Å²) < 4.78 is 31.5. The molecule has 41 heavy (non-hydrogen) atoms. The maximum atomic E-state index is 15.4. The van der Waals surface area contributed by atoms with Gasteiger partial charge in [-0.1, -0.05) is 84.9 Å². The van der Waals surface area contributed by atoms with Crippen molar-refractivity contribution in [1.82, 2.24) is 0 Å². The molecular formula is C33H27FO6S. The number of carbonyl (C=O) groups is 3. The lowest BCUT2D eigenvalue weighted by Crippen LogP contribution is -2.37. The van der Waals surface area contributed by atoms with Gasteiger partial charge in [-0.15, -0.1) is 11.8 Å². The van der Waals surface area contributed by atoms with Gasteiger partial charge in [0.25, 0.3) is 0 Å². The highest BCUT2D eigenvalue weighted by Gasteiger charge is 2.49. The van der Waals surface area contributed by atoms with E-state index in [0.29, 0.717) is 5.56 Å². The van der Waals surface area contributed by atoms with Crippen LogP contribution in [0.25, 0.3) is 22.3 Å². The van der Waals surface area contributed by atoms with Gasteiger partial charge in [-0.2, -0.15) is 0 Å². The molecule has 208 valence electrons. The molecule has 8 heteroatoms. The second-order valence-electron chi connectivity index (χ2n) is 9.45. The summed E-state index contributed by atoms with van der Waals surface area (Å²) in [5, 5.41) is -0.783. The molecule has 1 heterocycles. The Kier molecular flexibility index (Phi) is 8.79. The molecule has 0 N–H and O–H groups in total. The summed E-state index contributed by atoms with van der Waals surface area (Å²) in [7, 11) is 0. The van der Waals surface area contributed by atoms with Gasteiger partial charge in [0.05, 0.1) is 16.4 Å². The van der Waals surface area contributed by atoms with Gasteiger partial charge < -0.3 is 14.2 Å². The van der Waals surface area contributed by atoms with Crippen LogP contribution in [0.3, 0.4) is 0 Å². The van der Waals surface area contributed by atoms with E-state index in [-0.39, 0.29) is 12.2 Å². The van der Waals surface area contributed by atoms with E-state index < -0.39 is 40.9 Å². The number of thioether (sulfide) groups is 1. The summed E-state index contributed by atoms with van der Waals surface area (Å²) in [6.07, 6.45) is -3.09. The fraction of sp³-hybridized carbons (Fsp3) is 0.182. The van der Waals surface area contributed by atoms with Crippen LogP contribution in [-0.4, -0.2) is 47.5 Å². The van der Waals surface area contributed by atoms with E-state index in [1.54, 1.807) is 36.4 Å². The van der Waals surface area contributed by atoms with Gasteiger partial charge in [-0.3, -0.25) is 4.79 Å². The number of halogens is 1. The van der Waals surface area contributed by atoms with Gasteiger partial charge in [0.2, 0.25) is 0 Å². The SMILES string of the molecule is CC(=O)OC1S[C@H](COC(=O)c2ccc(-c3ccccc3)cc2)[C@@H](OC(=O)c2ccc(-c3ccccc3)cc2)[C@@H]1F. The van der Waals surface area contributed by atoms with Crippen LogP contribution in [0, 0.1) is 0 Å². The van der Waals surface area contributed by atoms with Crippen molar-refractivity contribution in [3.63, 3.8) is 0 Å². The minimum atomic E-state index is -1.80. The zero-order chi connectivity index (χ0) is 28.8. The average Bonchev–Trinajstić information content (AvgIpc) is 3.29. The molecule has 0 saturated carbocycles. The third-order valence-corrected chi connectivity index (χ3v) is 7.99. The number of alkyl halides is 1. The highest BCUT2D eigenvalue weighted by atomic mass is 32.2. The fourth-order valence-corrected chi connectivity index (χ4v) is 5.86. The molecule has 0 bridgehead atoms. The van der Waals surface area contributed by atoms with E-state index >= 15 is 4.39 Å². The second kappa shape index (κ2) is 12.8. The van der Waals surface area contributed by atoms with Gasteiger partial charge in [0.1, 0.15) is 6.61 Å². The lowest BCUT2D eigenvalue weighted by Gasteiger charge is -2.20. The molecule has 5 rings (SSSR count). The zero-order valence-corrected chi connectivity index (χ0v) is 23.0. The van der Waals surface area contributed by atoms with E-state index in [2.05, 4.69) is 0 Å². The zero-order valence-electron chi connectivity index (χ0n) is 22.1. The fourth-order valence-electron chi connectivity index (χ4n) is 4.51. The first kappa shape index (κ1) is 28.1. The van der Waals surface area contributed by atoms with Crippen molar-refractivity contribution in [3.05, 3.63) is 120 Å². The van der Waals surface area contributed by atoms with Crippen molar-refractivity contribution in [2.24, 2.45) is 0 Å². The molecule has 1 aliphatic rings. The lowest BCUT2D eigenvalue weighted by molar-refractivity contribution is -0.145. The largest absolute Gasteiger partial charge is 0.461 e. The van der Waals surface area contributed by atoms with Gasteiger partial charge in [-0.25, -0.2) is 14.0 Å². The van der Waals surface area contributed by atoms with Crippen molar-refractivity contribution >= 4 is 29.7 Å². The number of hydrogen-bond donors (Lipinski definition) is 0. The van der Waals surface area contributed by atoms with Crippen molar-refractivity contribution in [2.75, 3.05) is 6.61 Å². The molecule has 1 unspecified atom stereocenters. The van der Waals surface area contributed by atoms with Crippen LogP contribution in [0.5, 0.6) is 0 Å². The summed E-state index contributed by atoms with van der Waals surface area (Å²) in [4.78, 5) is 37.3. The third-order valence-electron chi connectivity index (χ3n) is 6.61.